The van der Waals surface area contributed by atoms with Crippen molar-refractivity contribution in [1.82, 2.24) is 9.91 Å². The summed E-state index contributed by atoms with van der Waals surface area (Å²) in [4.78, 5) is 60.4. The zero-order valence-corrected chi connectivity index (χ0v) is 28.8. The smallest absolute Gasteiger partial charge is 0.260 e. The number of carbonyl (C=O) groups excluding carboxylic acids is 4. The molecule has 50 heavy (non-hydrogen) atoms. The van der Waals surface area contributed by atoms with Gasteiger partial charge in [0.15, 0.2) is 0 Å². The molecule has 0 bridgehead atoms. The molecule has 2 saturated heterocycles. The van der Waals surface area contributed by atoms with Gasteiger partial charge in [-0.05, 0) is 103 Å². The van der Waals surface area contributed by atoms with Gasteiger partial charge in [-0.3, -0.25) is 29.5 Å². The first-order chi connectivity index (χ1) is 24.0. The van der Waals surface area contributed by atoms with E-state index in [9.17, 15) is 23.9 Å². The van der Waals surface area contributed by atoms with Crippen LogP contribution in [0.15, 0.2) is 89.8 Å². The molecule has 254 valence electrons. The van der Waals surface area contributed by atoms with Crippen molar-refractivity contribution in [3.05, 3.63) is 128 Å². The van der Waals surface area contributed by atoms with Crippen LogP contribution in [-0.2, 0) is 31.1 Å². The van der Waals surface area contributed by atoms with Crippen LogP contribution in [0.4, 0.5) is 10.1 Å². The molecule has 2 aliphatic carbocycles. The highest BCUT2D eigenvalue weighted by Gasteiger charge is 2.70. The largest absolute Gasteiger partial charge is 0.507 e. The second kappa shape index (κ2) is 11.9. The van der Waals surface area contributed by atoms with Crippen LogP contribution < -0.4 is 5.43 Å². The maximum atomic E-state index is 15.2. The Hall–Kier alpha value is -4.80. The summed E-state index contributed by atoms with van der Waals surface area (Å²) in [6.45, 7) is 3.76. The third kappa shape index (κ3) is 4.75. The van der Waals surface area contributed by atoms with Gasteiger partial charge < -0.3 is 5.11 Å². The first-order valence-corrected chi connectivity index (χ1v) is 17.8. The molecule has 1 saturated carbocycles. The van der Waals surface area contributed by atoms with Crippen LogP contribution in [0.3, 0.4) is 0 Å². The monoisotopic (exact) mass is 709 g/mol. The molecule has 3 heterocycles. The molecule has 1 aromatic heterocycles. The number of amides is 4. The average Bonchev–Trinajstić information content (AvgIpc) is 3.76. The first kappa shape index (κ1) is 32.4. The van der Waals surface area contributed by atoms with Gasteiger partial charge in [-0.2, -0.15) is 5.01 Å². The van der Waals surface area contributed by atoms with E-state index in [2.05, 4.69) is 5.43 Å². The van der Waals surface area contributed by atoms with Gasteiger partial charge in [0.05, 0.1) is 35.4 Å². The van der Waals surface area contributed by atoms with E-state index in [-0.39, 0.29) is 30.5 Å². The van der Waals surface area contributed by atoms with E-state index in [1.54, 1.807) is 38.1 Å². The predicted octanol–water partition coefficient (Wildman–Crippen LogP) is 7.05. The number of nitrogens with zero attached hydrogens (tertiary/aromatic N) is 2. The van der Waals surface area contributed by atoms with E-state index in [1.165, 1.54) is 40.5 Å². The van der Waals surface area contributed by atoms with Crippen molar-refractivity contribution in [3.8, 4) is 5.75 Å². The third-order valence-corrected chi connectivity index (χ3v) is 12.2. The molecule has 0 spiro atoms. The normalized spacial score (nSPS) is 27.3. The number of carbonyl (C=O) groups is 4. The van der Waals surface area contributed by atoms with Crippen molar-refractivity contribution in [2.45, 2.75) is 44.6 Å². The Balaban J connectivity index is 1.33. The molecule has 2 aliphatic heterocycles. The average molecular weight is 710 g/mol. The lowest BCUT2D eigenvalue weighted by Gasteiger charge is -2.50. The lowest BCUT2D eigenvalue weighted by molar-refractivity contribution is -0.141. The number of anilines is 1. The molecule has 3 fully saturated rings. The Bertz CT molecular complexity index is 2080. The molecule has 11 heteroatoms. The SMILES string of the molecule is Cc1cc([C@H]2C3=CC[C@@H]4C(=O)N(Cc5cccs5)C(=O)[C@@H]4[C@@H]3C[C@H]3C(=O)N(Nc4ccc(F)cc4)C(=O)[C@@]23c2ccc(Cl)cc2)cc(C)c1O. The van der Waals surface area contributed by atoms with Crippen molar-refractivity contribution in [3.63, 3.8) is 0 Å². The van der Waals surface area contributed by atoms with Gasteiger partial charge in [-0.15, -0.1) is 11.3 Å². The van der Waals surface area contributed by atoms with Crippen LogP contribution in [0.25, 0.3) is 0 Å². The number of nitrogens with one attached hydrogen (secondary N) is 1. The number of hydrazine groups is 1. The number of imide groups is 2. The molecule has 6 atom stereocenters. The Morgan fingerprint density at radius 3 is 2.30 bits per heavy atom. The molecule has 4 amide bonds. The summed E-state index contributed by atoms with van der Waals surface area (Å²) >= 11 is 7.85. The van der Waals surface area contributed by atoms with E-state index in [1.807, 2.05) is 35.7 Å². The van der Waals surface area contributed by atoms with Crippen LogP contribution >= 0.6 is 22.9 Å². The number of hydrogen-bond donors (Lipinski definition) is 2. The van der Waals surface area contributed by atoms with Crippen molar-refractivity contribution in [2.75, 3.05) is 5.43 Å². The summed E-state index contributed by atoms with van der Waals surface area (Å²) in [5, 5.41) is 14.2. The fraction of sp³-hybridized carbons (Fsp3) is 0.282. The number of rotatable bonds is 6. The van der Waals surface area contributed by atoms with Crippen LogP contribution in [0.5, 0.6) is 5.75 Å². The van der Waals surface area contributed by atoms with Gasteiger partial charge in [0, 0.05) is 15.8 Å². The molecule has 8 nitrogen and oxygen atoms in total. The molecular formula is C39H33ClFN3O5S. The molecule has 0 radical (unpaired) electrons. The van der Waals surface area contributed by atoms with Crippen LogP contribution in [0.2, 0.25) is 5.02 Å². The number of halogens is 2. The molecule has 4 aliphatic rings. The highest BCUT2D eigenvalue weighted by molar-refractivity contribution is 7.09. The van der Waals surface area contributed by atoms with E-state index in [4.69, 9.17) is 11.6 Å². The minimum absolute atomic E-state index is 0.130. The van der Waals surface area contributed by atoms with E-state index >= 15 is 4.79 Å². The van der Waals surface area contributed by atoms with E-state index < -0.39 is 52.6 Å². The van der Waals surface area contributed by atoms with Gasteiger partial charge in [0.1, 0.15) is 11.6 Å². The van der Waals surface area contributed by atoms with Gasteiger partial charge >= 0.3 is 0 Å². The van der Waals surface area contributed by atoms with Crippen LogP contribution in [0.1, 0.15) is 45.9 Å². The lowest BCUT2D eigenvalue weighted by Crippen LogP contribution is -2.53. The van der Waals surface area contributed by atoms with Crippen LogP contribution in [-0.4, -0.2) is 38.6 Å². The molecule has 2 N–H and O–H groups in total. The topological polar surface area (TPSA) is 107 Å². The van der Waals surface area contributed by atoms with E-state index in [0.29, 0.717) is 39.4 Å². The summed E-state index contributed by atoms with van der Waals surface area (Å²) in [5.74, 6) is -5.28. The van der Waals surface area contributed by atoms with Gasteiger partial charge in [-0.25, -0.2) is 4.39 Å². The predicted molar refractivity (Wildman–Crippen MR) is 186 cm³/mol. The number of allylic oxidation sites excluding steroid dienone is 2. The Morgan fingerprint density at radius 2 is 1.64 bits per heavy atom. The summed E-state index contributed by atoms with van der Waals surface area (Å²) in [6.07, 6.45) is 2.48. The summed E-state index contributed by atoms with van der Waals surface area (Å²) < 4.78 is 13.8. The number of aromatic hydroxyl groups is 1. The van der Waals surface area contributed by atoms with E-state index in [0.717, 1.165) is 15.5 Å². The lowest BCUT2D eigenvalue weighted by atomic mass is 9.49. The third-order valence-electron chi connectivity index (χ3n) is 11.1. The molecule has 8 rings (SSSR count). The number of benzene rings is 3. The van der Waals surface area contributed by atoms with Crippen molar-refractivity contribution >= 4 is 52.3 Å². The Labute approximate surface area is 297 Å². The number of aryl methyl sites for hydroxylation is 2. The zero-order valence-electron chi connectivity index (χ0n) is 27.2. The number of hydrogen-bond acceptors (Lipinski definition) is 7. The zero-order chi connectivity index (χ0) is 35.1. The highest BCUT2D eigenvalue weighted by Crippen LogP contribution is 2.64. The minimum atomic E-state index is -1.48. The number of likely N-dealkylation sites (tertiary alicyclic amines) is 1. The molecule has 4 aromatic rings. The summed E-state index contributed by atoms with van der Waals surface area (Å²) in [5.41, 5.74) is 5.15. The quantitative estimate of drug-likeness (QED) is 0.164. The van der Waals surface area contributed by atoms with Crippen LogP contribution in [0, 0.1) is 43.3 Å². The van der Waals surface area contributed by atoms with Gasteiger partial charge in [-0.1, -0.05) is 53.6 Å². The van der Waals surface area contributed by atoms with Gasteiger partial charge in [0.25, 0.3) is 11.8 Å². The van der Waals surface area contributed by atoms with Crippen molar-refractivity contribution in [2.24, 2.45) is 23.7 Å². The second-order valence-electron chi connectivity index (χ2n) is 13.7. The second-order valence-corrected chi connectivity index (χ2v) is 15.2. The minimum Gasteiger partial charge on any atom is -0.507 e. The van der Waals surface area contributed by atoms with Crippen molar-refractivity contribution < 1.29 is 28.7 Å². The maximum Gasteiger partial charge on any atom is 0.260 e. The number of phenolic OH excluding ortho intramolecular Hbond substituents is 1. The Morgan fingerprint density at radius 1 is 0.940 bits per heavy atom. The molecular weight excluding hydrogens is 677 g/mol. The maximum absolute atomic E-state index is 15.2. The van der Waals surface area contributed by atoms with Crippen molar-refractivity contribution in [1.29, 1.82) is 0 Å². The highest BCUT2D eigenvalue weighted by atomic mass is 35.5. The fourth-order valence-electron chi connectivity index (χ4n) is 8.97. The molecule has 0 unspecified atom stereocenters. The fourth-order valence-corrected chi connectivity index (χ4v) is 9.78. The Kier molecular flexibility index (Phi) is 7.72. The van der Waals surface area contributed by atoms with Gasteiger partial charge in [0.2, 0.25) is 11.8 Å². The summed E-state index contributed by atoms with van der Waals surface area (Å²) in [7, 11) is 0. The first-order valence-electron chi connectivity index (χ1n) is 16.5. The number of thiophene rings is 1. The standard InChI is InChI=1S/C39H33ClFN3O5S/c1-20-16-22(17-21(2)34(20)45)33-28-13-14-29-32(37(48)43(35(29)46)19-27-4-3-15-50-27)30(28)18-31-36(47)44(42-26-11-9-25(41)10-12-26)38(49)39(31,33)23-5-7-24(40)8-6-23/h3-13,15-17,29-33,42,45H,14,18-19H2,1-2H3/t29-,30+,31-,32-,33-,39+/m0/s1. The number of fused-ring (bicyclic) bond motifs is 4. The molecule has 3 aromatic carbocycles. The summed E-state index contributed by atoms with van der Waals surface area (Å²) in [6, 6.07) is 19.8. The number of phenols is 1.